The van der Waals surface area contributed by atoms with Crippen LogP contribution in [0.3, 0.4) is 0 Å². The van der Waals surface area contributed by atoms with Gasteiger partial charge >= 0.3 is 0 Å². The second kappa shape index (κ2) is 7.63. The lowest BCUT2D eigenvalue weighted by atomic mass is 10.0. The van der Waals surface area contributed by atoms with Gasteiger partial charge in [-0.25, -0.2) is 0 Å². The fraction of sp³-hybridized carbons (Fsp3) is 0.625. The molecule has 2 atom stereocenters. The average molecular weight is 262 g/mol. The van der Waals surface area contributed by atoms with Crippen molar-refractivity contribution in [3.05, 3.63) is 35.9 Å². The molecule has 1 aliphatic rings. The second-order valence-corrected chi connectivity index (χ2v) is 5.46. The minimum absolute atomic E-state index is 0.293. The maximum atomic E-state index is 5.35. The molecule has 0 bridgehead atoms. The Hall–Kier alpha value is -0.900. The van der Waals surface area contributed by atoms with E-state index in [-0.39, 0.29) is 0 Å². The van der Waals surface area contributed by atoms with Crippen LogP contribution >= 0.6 is 0 Å². The van der Waals surface area contributed by atoms with Crippen LogP contribution in [-0.2, 0) is 4.74 Å². The first-order valence-electron chi connectivity index (χ1n) is 7.28. The molecule has 2 rings (SSSR count). The summed E-state index contributed by atoms with van der Waals surface area (Å²) >= 11 is 0. The van der Waals surface area contributed by atoms with E-state index in [0.717, 1.165) is 13.2 Å². The molecule has 1 aromatic rings. The smallest absolute Gasteiger partial charge is 0.0657 e. The molecule has 0 radical (unpaired) electrons. The van der Waals surface area contributed by atoms with Gasteiger partial charge in [0.2, 0.25) is 0 Å². The number of hydrogen-bond donors (Lipinski definition) is 1. The predicted molar refractivity (Wildman–Crippen MR) is 79.3 cm³/mol. The fourth-order valence-corrected chi connectivity index (χ4v) is 2.81. The first-order valence-corrected chi connectivity index (χ1v) is 7.28. The van der Waals surface area contributed by atoms with Crippen LogP contribution in [0.1, 0.15) is 30.9 Å². The zero-order valence-electron chi connectivity index (χ0n) is 12.1. The van der Waals surface area contributed by atoms with Gasteiger partial charge in [0.1, 0.15) is 0 Å². The van der Waals surface area contributed by atoms with Crippen molar-refractivity contribution in [2.75, 3.05) is 33.9 Å². The first-order chi connectivity index (χ1) is 9.31. The molecular formula is C16H26N2O. The van der Waals surface area contributed by atoms with Crippen LogP contribution in [0.5, 0.6) is 0 Å². The highest BCUT2D eigenvalue weighted by molar-refractivity contribution is 5.19. The van der Waals surface area contributed by atoms with Gasteiger partial charge in [0.25, 0.3) is 0 Å². The normalized spacial score (nSPS) is 22.3. The van der Waals surface area contributed by atoms with E-state index in [1.165, 1.54) is 31.4 Å². The summed E-state index contributed by atoms with van der Waals surface area (Å²) in [6, 6.07) is 11.5. The molecule has 1 heterocycles. The Morgan fingerprint density at radius 3 is 2.79 bits per heavy atom. The Bertz CT molecular complexity index is 355. The quantitative estimate of drug-likeness (QED) is 0.852. The predicted octanol–water partition coefficient (Wildman–Crippen LogP) is 2.45. The third-order valence-electron chi connectivity index (χ3n) is 4.06. The molecule has 1 aliphatic heterocycles. The van der Waals surface area contributed by atoms with E-state index in [2.05, 4.69) is 47.6 Å². The summed E-state index contributed by atoms with van der Waals surface area (Å²) in [5, 5.41) is 3.67. The van der Waals surface area contributed by atoms with Crippen LogP contribution in [0.4, 0.5) is 0 Å². The molecule has 3 heteroatoms. The zero-order valence-corrected chi connectivity index (χ0v) is 12.1. The maximum Gasteiger partial charge on any atom is 0.0657 e. The lowest BCUT2D eigenvalue weighted by molar-refractivity contribution is 0.145. The summed E-state index contributed by atoms with van der Waals surface area (Å²) in [5.41, 5.74) is 1.31. The Balaban J connectivity index is 1.90. The number of hydrogen-bond acceptors (Lipinski definition) is 3. The maximum absolute atomic E-state index is 5.35. The molecule has 1 N–H and O–H groups in total. The molecule has 1 aromatic carbocycles. The summed E-state index contributed by atoms with van der Waals surface area (Å²) in [6.07, 6.45) is 4.00. The topological polar surface area (TPSA) is 24.5 Å². The van der Waals surface area contributed by atoms with E-state index in [0.29, 0.717) is 12.1 Å². The number of methoxy groups -OCH3 is 1. The van der Waals surface area contributed by atoms with Gasteiger partial charge in [-0.2, -0.15) is 0 Å². The molecule has 1 fully saturated rings. The van der Waals surface area contributed by atoms with Gasteiger partial charge < -0.3 is 15.0 Å². The van der Waals surface area contributed by atoms with Crippen molar-refractivity contribution in [2.45, 2.75) is 31.3 Å². The van der Waals surface area contributed by atoms with Gasteiger partial charge in [0.05, 0.1) is 12.6 Å². The van der Waals surface area contributed by atoms with Crippen molar-refractivity contribution in [3.8, 4) is 0 Å². The Labute approximate surface area is 116 Å². The van der Waals surface area contributed by atoms with Gasteiger partial charge in [-0.3, -0.25) is 0 Å². The Morgan fingerprint density at radius 2 is 2.11 bits per heavy atom. The van der Waals surface area contributed by atoms with Crippen LogP contribution in [0.25, 0.3) is 0 Å². The largest absolute Gasteiger partial charge is 0.383 e. The van der Waals surface area contributed by atoms with E-state index in [1.807, 2.05) is 0 Å². The van der Waals surface area contributed by atoms with E-state index >= 15 is 0 Å². The number of ether oxygens (including phenoxy) is 1. The molecule has 106 valence electrons. The number of piperidine rings is 1. The third kappa shape index (κ3) is 4.30. The number of likely N-dealkylation sites (N-methyl/N-ethyl adjacent to an activating group) is 1. The molecule has 0 aromatic heterocycles. The van der Waals surface area contributed by atoms with Crippen molar-refractivity contribution < 1.29 is 4.74 Å². The molecule has 0 spiro atoms. The van der Waals surface area contributed by atoms with Crippen molar-refractivity contribution >= 4 is 0 Å². The first kappa shape index (κ1) is 14.5. The van der Waals surface area contributed by atoms with Crippen molar-refractivity contribution in [2.24, 2.45) is 0 Å². The van der Waals surface area contributed by atoms with Crippen LogP contribution in [0.2, 0.25) is 0 Å². The van der Waals surface area contributed by atoms with Gasteiger partial charge in [-0.1, -0.05) is 36.8 Å². The van der Waals surface area contributed by atoms with E-state index < -0.39 is 0 Å². The highest BCUT2D eigenvalue weighted by Gasteiger charge is 2.20. The number of likely N-dealkylation sites (tertiary alicyclic amines) is 1. The molecule has 3 nitrogen and oxygen atoms in total. The van der Waals surface area contributed by atoms with E-state index in [1.54, 1.807) is 7.11 Å². The van der Waals surface area contributed by atoms with Crippen molar-refractivity contribution in [3.63, 3.8) is 0 Å². The van der Waals surface area contributed by atoms with Crippen LogP contribution < -0.4 is 5.32 Å². The fourth-order valence-electron chi connectivity index (χ4n) is 2.81. The summed E-state index contributed by atoms with van der Waals surface area (Å²) in [6.45, 7) is 2.99. The highest BCUT2D eigenvalue weighted by atomic mass is 16.5. The van der Waals surface area contributed by atoms with Crippen LogP contribution in [0.15, 0.2) is 30.3 Å². The minimum Gasteiger partial charge on any atom is -0.383 e. The van der Waals surface area contributed by atoms with Crippen molar-refractivity contribution in [1.29, 1.82) is 0 Å². The second-order valence-electron chi connectivity index (χ2n) is 5.46. The van der Waals surface area contributed by atoms with Crippen molar-refractivity contribution in [1.82, 2.24) is 10.2 Å². The highest BCUT2D eigenvalue weighted by Crippen LogP contribution is 2.17. The molecule has 0 saturated carbocycles. The summed E-state index contributed by atoms with van der Waals surface area (Å²) in [7, 11) is 4.00. The number of rotatable bonds is 6. The van der Waals surface area contributed by atoms with Gasteiger partial charge in [-0.05, 0) is 32.0 Å². The minimum atomic E-state index is 0.293. The molecule has 19 heavy (non-hydrogen) atoms. The monoisotopic (exact) mass is 262 g/mol. The Kier molecular flexibility index (Phi) is 5.83. The number of benzene rings is 1. The van der Waals surface area contributed by atoms with E-state index in [9.17, 15) is 0 Å². The summed E-state index contributed by atoms with van der Waals surface area (Å²) < 4.78 is 5.35. The average Bonchev–Trinajstić information content (AvgIpc) is 2.46. The van der Waals surface area contributed by atoms with Gasteiger partial charge in [0.15, 0.2) is 0 Å². The molecule has 2 unspecified atom stereocenters. The summed E-state index contributed by atoms with van der Waals surface area (Å²) in [4.78, 5) is 2.48. The lowest BCUT2D eigenvalue weighted by Gasteiger charge is -2.33. The third-order valence-corrected chi connectivity index (χ3v) is 4.06. The van der Waals surface area contributed by atoms with Crippen LogP contribution in [-0.4, -0.2) is 44.8 Å². The lowest BCUT2D eigenvalue weighted by Crippen LogP contribution is -2.44. The van der Waals surface area contributed by atoms with Gasteiger partial charge in [0, 0.05) is 19.7 Å². The van der Waals surface area contributed by atoms with Gasteiger partial charge in [-0.15, -0.1) is 0 Å². The Morgan fingerprint density at radius 1 is 1.32 bits per heavy atom. The molecule has 0 amide bonds. The number of nitrogens with one attached hydrogen (secondary N) is 1. The number of nitrogens with zero attached hydrogens (tertiary/aromatic N) is 1. The van der Waals surface area contributed by atoms with E-state index in [4.69, 9.17) is 4.74 Å². The molecular weight excluding hydrogens is 236 g/mol. The zero-order chi connectivity index (χ0) is 13.5. The molecule has 0 aliphatic carbocycles. The molecule has 1 saturated heterocycles. The standard InChI is InChI=1S/C16H26N2O/c1-18-11-7-6-10-15(18)12-17-16(13-19-2)14-8-4-3-5-9-14/h3-5,8-9,15-17H,6-7,10-13H2,1-2H3. The SMILES string of the molecule is COCC(NCC1CCCCN1C)c1ccccc1. The van der Waals surface area contributed by atoms with Crippen LogP contribution in [0, 0.1) is 0 Å². The summed E-state index contributed by atoms with van der Waals surface area (Å²) in [5.74, 6) is 0.